The lowest BCUT2D eigenvalue weighted by Gasteiger charge is -2.31. The molecule has 1 fully saturated rings. The summed E-state index contributed by atoms with van der Waals surface area (Å²) in [6, 6.07) is 2.64. The van der Waals surface area contributed by atoms with Crippen molar-refractivity contribution in [3.05, 3.63) is 29.6 Å². The molecule has 1 aliphatic rings. The maximum absolute atomic E-state index is 13.5. The molecule has 2 N–H and O–H groups in total. The predicted molar refractivity (Wildman–Crippen MR) is 60.8 cm³/mol. The second-order valence-corrected chi connectivity index (χ2v) is 4.59. The van der Waals surface area contributed by atoms with Crippen molar-refractivity contribution in [3.63, 3.8) is 0 Å². The summed E-state index contributed by atoms with van der Waals surface area (Å²) in [5.41, 5.74) is 0.650. The van der Waals surface area contributed by atoms with Crippen LogP contribution in [-0.2, 0) is 0 Å². The number of imidazole rings is 1. The zero-order valence-electron chi connectivity index (χ0n) is 9.43. The quantitative estimate of drug-likeness (QED) is 0.840. The third-order valence-corrected chi connectivity index (χ3v) is 3.52. The molecule has 0 amide bonds. The average molecular weight is 237 g/mol. The molecule has 1 saturated heterocycles. The highest BCUT2D eigenvalue weighted by Crippen LogP contribution is 2.27. The van der Waals surface area contributed by atoms with Crippen LogP contribution in [0.5, 0.6) is 0 Å². The number of aromatic nitrogens is 2. The van der Waals surface area contributed by atoms with Crippen LogP contribution >= 0.6 is 0 Å². The highest BCUT2D eigenvalue weighted by Gasteiger charge is 2.27. The molecule has 5 heteroatoms. The molecule has 0 spiro atoms. The molecule has 3 rings (SSSR count). The number of nitrogens with zero attached hydrogens (tertiary/aromatic N) is 1. The minimum atomic E-state index is -0.871. The summed E-state index contributed by atoms with van der Waals surface area (Å²) in [5.74, 6) is -0.247. The first-order chi connectivity index (χ1) is 8.16. The molecular weight excluding hydrogens is 224 g/mol. The molecule has 0 saturated carbocycles. The molecule has 0 aliphatic carbocycles. The number of aromatic amines is 1. The molecule has 2 aromatic rings. The van der Waals surface area contributed by atoms with Crippen LogP contribution in [0.3, 0.4) is 0 Å². The Kier molecular flexibility index (Phi) is 2.36. The molecule has 1 atom stereocenters. The van der Waals surface area contributed by atoms with Crippen LogP contribution < -0.4 is 5.32 Å². The number of nitrogens with one attached hydrogen (secondary N) is 2. The Hall–Kier alpha value is -1.49. The van der Waals surface area contributed by atoms with Gasteiger partial charge in [0.2, 0.25) is 0 Å². The summed E-state index contributed by atoms with van der Waals surface area (Å²) < 4.78 is 26.6. The first-order valence-corrected chi connectivity index (χ1v) is 5.71. The Morgan fingerprint density at radius 1 is 1.35 bits per heavy atom. The summed E-state index contributed by atoms with van der Waals surface area (Å²) in [4.78, 5) is 7.24. The van der Waals surface area contributed by atoms with Crippen LogP contribution in [0.2, 0.25) is 0 Å². The third kappa shape index (κ3) is 1.61. The number of fused-ring (bicyclic) bond motifs is 1. The van der Waals surface area contributed by atoms with Crippen molar-refractivity contribution in [2.24, 2.45) is 5.92 Å². The molecule has 1 aromatic heterocycles. The van der Waals surface area contributed by atoms with Crippen LogP contribution in [-0.4, -0.2) is 23.1 Å². The first kappa shape index (κ1) is 10.7. The fraction of sp³-hybridized carbons (Fsp3) is 0.417. The fourth-order valence-corrected chi connectivity index (χ4v) is 2.14. The summed E-state index contributed by atoms with van der Waals surface area (Å²) in [7, 11) is 0. The third-order valence-electron chi connectivity index (χ3n) is 3.52. The number of halogens is 2. The van der Waals surface area contributed by atoms with E-state index in [1.54, 1.807) is 0 Å². The van der Waals surface area contributed by atoms with Crippen molar-refractivity contribution in [1.29, 1.82) is 0 Å². The van der Waals surface area contributed by atoms with Crippen molar-refractivity contribution >= 4 is 11.0 Å². The maximum Gasteiger partial charge on any atom is 0.186 e. The molecular formula is C12H13F2N3. The van der Waals surface area contributed by atoms with Gasteiger partial charge in [-0.05, 0) is 31.1 Å². The second-order valence-electron chi connectivity index (χ2n) is 4.59. The van der Waals surface area contributed by atoms with Gasteiger partial charge in [0.15, 0.2) is 11.6 Å². The van der Waals surface area contributed by atoms with Crippen molar-refractivity contribution < 1.29 is 8.78 Å². The summed E-state index contributed by atoms with van der Waals surface area (Å²) in [6.07, 6.45) is 0. The monoisotopic (exact) mass is 237 g/mol. The lowest BCUT2D eigenvalue weighted by atomic mass is 9.88. The highest BCUT2D eigenvalue weighted by atomic mass is 19.2. The minimum absolute atomic E-state index is 0.0964. The van der Waals surface area contributed by atoms with E-state index in [4.69, 9.17) is 0 Å². The van der Waals surface area contributed by atoms with E-state index in [1.165, 1.54) is 6.07 Å². The van der Waals surface area contributed by atoms with Crippen molar-refractivity contribution in [2.75, 3.05) is 13.1 Å². The van der Waals surface area contributed by atoms with Crippen molar-refractivity contribution in [2.45, 2.75) is 12.8 Å². The minimum Gasteiger partial charge on any atom is -0.342 e. The van der Waals surface area contributed by atoms with Gasteiger partial charge in [0, 0.05) is 5.92 Å². The molecule has 17 heavy (non-hydrogen) atoms. The van der Waals surface area contributed by atoms with Crippen molar-refractivity contribution in [3.8, 4) is 0 Å². The number of H-pyrrole nitrogens is 1. The average Bonchev–Trinajstić information content (AvgIpc) is 2.65. The molecule has 0 bridgehead atoms. The van der Waals surface area contributed by atoms with E-state index < -0.39 is 11.6 Å². The van der Waals surface area contributed by atoms with Crippen LogP contribution in [0.4, 0.5) is 8.78 Å². The van der Waals surface area contributed by atoms with Gasteiger partial charge in [-0.2, -0.15) is 0 Å². The second kappa shape index (κ2) is 3.77. The van der Waals surface area contributed by atoms with Crippen LogP contribution in [0.15, 0.2) is 12.1 Å². The van der Waals surface area contributed by atoms with Gasteiger partial charge in [-0.25, -0.2) is 13.8 Å². The first-order valence-electron chi connectivity index (χ1n) is 5.71. The number of rotatable bonds is 2. The Labute approximate surface area is 97.2 Å². The molecule has 1 aromatic carbocycles. The maximum atomic E-state index is 13.5. The molecule has 90 valence electrons. The van der Waals surface area contributed by atoms with Gasteiger partial charge in [0.05, 0.1) is 5.52 Å². The van der Waals surface area contributed by atoms with E-state index >= 15 is 0 Å². The lowest BCUT2D eigenvalue weighted by molar-refractivity contribution is 0.297. The number of benzene rings is 1. The highest BCUT2D eigenvalue weighted by molar-refractivity contribution is 5.75. The molecule has 0 radical (unpaired) electrons. The Morgan fingerprint density at radius 3 is 2.76 bits per heavy atom. The summed E-state index contributed by atoms with van der Waals surface area (Å²) in [6.45, 7) is 3.96. The van der Waals surface area contributed by atoms with Gasteiger partial charge >= 0.3 is 0 Å². The molecule has 3 nitrogen and oxygen atoms in total. The van der Waals surface area contributed by atoms with Gasteiger partial charge in [-0.3, -0.25) is 0 Å². The summed E-state index contributed by atoms with van der Waals surface area (Å²) in [5, 5.41) is 3.19. The largest absolute Gasteiger partial charge is 0.342 e. The molecule has 1 aliphatic heterocycles. The normalized spacial score (nSPS) is 18.3. The molecule has 2 heterocycles. The molecule has 1 unspecified atom stereocenters. The lowest BCUT2D eigenvalue weighted by Crippen LogP contribution is -2.44. The van der Waals surface area contributed by atoms with E-state index in [2.05, 4.69) is 22.2 Å². The zero-order chi connectivity index (χ0) is 12.0. The fourth-order valence-electron chi connectivity index (χ4n) is 2.14. The smallest absolute Gasteiger partial charge is 0.186 e. The predicted octanol–water partition coefficient (Wildman–Crippen LogP) is 2.16. The van der Waals surface area contributed by atoms with Crippen molar-refractivity contribution in [1.82, 2.24) is 15.3 Å². The van der Waals surface area contributed by atoms with Crippen LogP contribution in [0, 0.1) is 17.6 Å². The topological polar surface area (TPSA) is 40.7 Å². The van der Waals surface area contributed by atoms with E-state index in [0.29, 0.717) is 11.4 Å². The van der Waals surface area contributed by atoms with Gasteiger partial charge in [0.25, 0.3) is 0 Å². The van der Waals surface area contributed by atoms with Crippen LogP contribution in [0.25, 0.3) is 11.0 Å². The SMILES string of the molecule is CC(c1nc2c(F)c(F)ccc2[nH]1)C1CNC1. The Balaban J connectivity index is 2.04. The summed E-state index contributed by atoms with van der Waals surface area (Å²) >= 11 is 0. The van der Waals surface area contributed by atoms with E-state index in [0.717, 1.165) is 25.0 Å². The van der Waals surface area contributed by atoms with E-state index in [-0.39, 0.29) is 11.4 Å². The Morgan fingerprint density at radius 2 is 2.12 bits per heavy atom. The van der Waals surface area contributed by atoms with Gasteiger partial charge in [-0.15, -0.1) is 0 Å². The van der Waals surface area contributed by atoms with Gasteiger partial charge in [-0.1, -0.05) is 6.92 Å². The van der Waals surface area contributed by atoms with E-state index in [1.807, 2.05) is 0 Å². The standard InChI is InChI=1S/C12H13F2N3/c1-6(7-4-15-5-7)12-16-9-3-2-8(13)10(14)11(9)17-12/h2-3,6-7,15H,4-5H2,1H3,(H,16,17). The number of hydrogen-bond acceptors (Lipinski definition) is 2. The Bertz CT molecular complexity index is 560. The van der Waals surface area contributed by atoms with Crippen LogP contribution in [0.1, 0.15) is 18.7 Å². The number of hydrogen-bond donors (Lipinski definition) is 2. The van der Waals surface area contributed by atoms with Gasteiger partial charge in [0.1, 0.15) is 11.3 Å². The van der Waals surface area contributed by atoms with E-state index in [9.17, 15) is 8.78 Å². The zero-order valence-corrected chi connectivity index (χ0v) is 9.43. The van der Waals surface area contributed by atoms with Gasteiger partial charge < -0.3 is 10.3 Å².